The summed E-state index contributed by atoms with van der Waals surface area (Å²) in [6, 6.07) is 0. The first-order chi connectivity index (χ1) is 14.8. The fourth-order valence-electron chi connectivity index (χ4n) is 8.48. The Hall–Kier alpha value is -0.610. The molecule has 0 radical (unpaired) electrons. The van der Waals surface area contributed by atoms with Crippen molar-refractivity contribution in [2.75, 3.05) is 27.2 Å². The monoisotopic (exact) mass is 432 g/mol. The number of rotatable bonds is 8. The molecule has 4 aliphatic rings. The molecule has 0 aromatic heterocycles. The van der Waals surface area contributed by atoms with E-state index in [4.69, 9.17) is 4.84 Å². The minimum atomic E-state index is -0.496. The highest BCUT2D eigenvalue weighted by Crippen LogP contribution is 2.67. The summed E-state index contributed by atoms with van der Waals surface area (Å²) in [7, 11) is 4.15. The third-order valence-corrected chi connectivity index (χ3v) is 10.3. The van der Waals surface area contributed by atoms with E-state index in [-0.39, 0.29) is 0 Å². The number of nitrogens with zero attached hydrogens (tertiary/aromatic N) is 2. The van der Waals surface area contributed by atoms with Crippen LogP contribution in [0.2, 0.25) is 0 Å². The predicted octanol–water partition coefficient (Wildman–Crippen LogP) is 5.88. The van der Waals surface area contributed by atoms with E-state index in [1.165, 1.54) is 51.4 Å². The molecule has 0 aliphatic heterocycles. The molecule has 0 heterocycles. The largest absolute Gasteiger partial charge is 0.396 e. The Bertz CT molecular complexity index is 637. The lowest BCUT2D eigenvalue weighted by atomic mass is 9.44. The molecule has 1 N–H and O–H groups in total. The van der Waals surface area contributed by atoms with Gasteiger partial charge in [-0.1, -0.05) is 25.4 Å². The van der Waals surface area contributed by atoms with Crippen molar-refractivity contribution in [3.05, 3.63) is 0 Å². The van der Waals surface area contributed by atoms with E-state index in [1.807, 2.05) is 6.21 Å². The molecule has 4 fully saturated rings. The van der Waals surface area contributed by atoms with Gasteiger partial charge >= 0.3 is 0 Å². The summed E-state index contributed by atoms with van der Waals surface area (Å²) >= 11 is 0. The highest BCUT2D eigenvalue weighted by molar-refractivity contribution is 5.56. The first kappa shape index (κ1) is 23.5. The van der Waals surface area contributed by atoms with Gasteiger partial charge in [0.1, 0.15) is 6.61 Å². The van der Waals surface area contributed by atoms with Gasteiger partial charge in [-0.3, -0.25) is 0 Å². The molecule has 7 atom stereocenters. The van der Waals surface area contributed by atoms with Gasteiger partial charge in [-0.25, -0.2) is 0 Å². The Balaban J connectivity index is 1.27. The third-order valence-electron chi connectivity index (χ3n) is 10.3. The number of hydrogen-bond acceptors (Lipinski definition) is 4. The molecular weight excluding hydrogens is 384 g/mol. The maximum Gasteiger partial charge on any atom is 0.118 e. The van der Waals surface area contributed by atoms with Crippen molar-refractivity contribution in [1.29, 1.82) is 0 Å². The molecule has 178 valence electrons. The summed E-state index contributed by atoms with van der Waals surface area (Å²) in [6.45, 7) is 6.90. The number of hydrogen-bond donors (Lipinski definition) is 1. The minimum Gasteiger partial charge on any atom is -0.396 e. The minimum absolute atomic E-state index is 0.461. The molecule has 0 spiro atoms. The summed E-state index contributed by atoms with van der Waals surface area (Å²) < 4.78 is 0. The average molecular weight is 433 g/mol. The van der Waals surface area contributed by atoms with Crippen LogP contribution in [-0.2, 0) is 4.84 Å². The molecule has 4 rings (SSSR count). The fourth-order valence-corrected chi connectivity index (χ4v) is 8.48. The Labute approximate surface area is 191 Å². The molecule has 4 aliphatic carbocycles. The van der Waals surface area contributed by atoms with E-state index < -0.39 is 5.60 Å². The molecule has 0 aromatic carbocycles. The van der Waals surface area contributed by atoms with Crippen LogP contribution >= 0.6 is 0 Å². The van der Waals surface area contributed by atoms with Crippen LogP contribution in [0.25, 0.3) is 0 Å². The molecule has 4 heteroatoms. The van der Waals surface area contributed by atoms with Crippen molar-refractivity contribution in [3.63, 3.8) is 0 Å². The standard InChI is InChI=1S/C27H48N2O2/c1-25-12-5-8-23(25)22-10-9-21-20-27(30,16-15-26(21,2)24(22)11-14-25)13-6-17-28-31-19-7-18-29(3)4/h17,21-24,30H,5-16,18-20H2,1-4H3/t21-,22+,23+,24+,25+,26+,27+/m1/s1. The van der Waals surface area contributed by atoms with E-state index >= 15 is 0 Å². The Morgan fingerprint density at radius 3 is 2.68 bits per heavy atom. The number of oxime groups is 1. The second kappa shape index (κ2) is 9.33. The fraction of sp³-hybridized carbons (Fsp3) is 0.963. The summed E-state index contributed by atoms with van der Waals surface area (Å²) in [5.74, 6) is 3.56. The first-order valence-electron chi connectivity index (χ1n) is 13.3. The Morgan fingerprint density at radius 2 is 1.87 bits per heavy atom. The average Bonchev–Trinajstić information content (AvgIpc) is 3.12. The summed E-state index contributed by atoms with van der Waals surface area (Å²) in [6.07, 6.45) is 17.8. The maximum atomic E-state index is 11.4. The lowest BCUT2D eigenvalue weighted by Crippen LogP contribution is -2.55. The van der Waals surface area contributed by atoms with Gasteiger partial charge in [0.15, 0.2) is 0 Å². The van der Waals surface area contributed by atoms with Crippen LogP contribution in [-0.4, -0.2) is 49.1 Å². The highest BCUT2D eigenvalue weighted by atomic mass is 16.6. The molecule has 0 saturated heterocycles. The smallest absolute Gasteiger partial charge is 0.118 e. The third kappa shape index (κ3) is 4.86. The molecule has 0 bridgehead atoms. The van der Waals surface area contributed by atoms with Gasteiger partial charge in [0.2, 0.25) is 0 Å². The number of aliphatic hydroxyl groups is 1. The highest BCUT2D eigenvalue weighted by Gasteiger charge is 2.59. The van der Waals surface area contributed by atoms with E-state index in [0.717, 1.165) is 56.4 Å². The summed E-state index contributed by atoms with van der Waals surface area (Å²) in [5, 5.41) is 15.5. The van der Waals surface area contributed by atoms with Gasteiger partial charge in [0, 0.05) is 12.8 Å². The quantitative estimate of drug-likeness (QED) is 0.296. The predicted molar refractivity (Wildman–Crippen MR) is 128 cm³/mol. The van der Waals surface area contributed by atoms with E-state index in [2.05, 4.69) is 38.0 Å². The lowest BCUT2D eigenvalue weighted by molar-refractivity contribution is -0.148. The van der Waals surface area contributed by atoms with Crippen LogP contribution in [0.15, 0.2) is 5.16 Å². The van der Waals surface area contributed by atoms with Crippen LogP contribution in [0.5, 0.6) is 0 Å². The van der Waals surface area contributed by atoms with Crippen LogP contribution < -0.4 is 0 Å². The second-order valence-corrected chi connectivity index (χ2v) is 12.5. The summed E-state index contributed by atoms with van der Waals surface area (Å²) in [5.41, 5.74) is 0.612. The Morgan fingerprint density at radius 1 is 1.03 bits per heavy atom. The van der Waals surface area contributed by atoms with E-state index in [1.54, 1.807) is 0 Å². The zero-order chi connectivity index (χ0) is 22.1. The van der Waals surface area contributed by atoms with Crippen molar-refractivity contribution in [2.45, 2.75) is 103 Å². The number of fused-ring (bicyclic) bond motifs is 5. The van der Waals surface area contributed by atoms with Crippen molar-refractivity contribution in [3.8, 4) is 0 Å². The SMILES string of the molecule is CN(C)CCCON=CCC[C@]1(O)CC[C@@]2(C)[C@H](CC[C@H]3[C@@H]4CCC[C@@]4(C)CC[C@@H]32)C1. The second-order valence-electron chi connectivity index (χ2n) is 12.5. The molecule has 4 saturated carbocycles. The van der Waals surface area contributed by atoms with Gasteiger partial charge in [-0.15, -0.1) is 0 Å². The molecule has 0 aromatic rings. The van der Waals surface area contributed by atoms with Crippen LogP contribution in [0.4, 0.5) is 0 Å². The zero-order valence-corrected chi connectivity index (χ0v) is 20.7. The topological polar surface area (TPSA) is 45.1 Å². The van der Waals surface area contributed by atoms with Gasteiger partial charge in [0.05, 0.1) is 5.60 Å². The van der Waals surface area contributed by atoms with Gasteiger partial charge < -0.3 is 14.8 Å². The van der Waals surface area contributed by atoms with Crippen LogP contribution in [0.1, 0.15) is 97.3 Å². The lowest BCUT2D eigenvalue weighted by Gasteiger charge is -2.61. The van der Waals surface area contributed by atoms with Crippen LogP contribution in [0.3, 0.4) is 0 Å². The molecule has 0 amide bonds. The maximum absolute atomic E-state index is 11.4. The van der Waals surface area contributed by atoms with Gasteiger partial charge in [-0.05, 0) is 126 Å². The van der Waals surface area contributed by atoms with E-state index in [9.17, 15) is 5.11 Å². The molecule has 31 heavy (non-hydrogen) atoms. The zero-order valence-electron chi connectivity index (χ0n) is 20.7. The Kier molecular flexibility index (Phi) is 7.09. The first-order valence-corrected chi connectivity index (χ1v) is 13.3. The van der Waals surface area contributed by atoms with Gasteiger partial charge in [0.25, 0.3) is 0 Å². The van der Waals surface area contributed by atoms with Gasteiger partial charge in [-0.2, -0.15) is 0 Å². The van der Waals surface area contributed by atoms with Crippen molar-refractivity contribution in [1.82, 2.24) is 4.90 Å². The van der Waals surface area contributed by atoms with Crippen molar-refractivity contribution >= 4 is 6.21 Å². The van der Waals surface area contributed by atoms with Crippen LogP contribution in [0, 0.1) is 34.5 Å². The molecular formula is C27H48N2O2. The van der Waals surface area contributed by atoms with E-state index in [0.29, 0.717) is 23.4 Å². The normalized spacial score (nSPS) is 44.8. The molecule has 0 unspecified atom stereocenters. The molecule has 4 nitrogen and oxygen atoms in total. The van der Waals surface area contributed by atoms with Crippen molar-refractivity contribution in [2.24, 2.45) is 39.7 Å². The summed E-state index contributed by atoms with van der Waals surface area (Å²) in [4.78, 5) is 7.53. The van der Waals surface area contributed by atoms with Crippen molar-refractivity contribution < 1.29 is 9.94 Å².